The predicted molar refractivity (Wildman–Crippen MR) is 76.1 cm³/mol. The third-order valence-corrected chi connectivity index (χ3v) is 3.57. The third kappa shape index (κ3) is 2.81. The lowest BCUT2D eigenvalue weighted by molar-refractivity contribution is 1.19. The first-order valence-corrected chi connectivity index (χ1v) is 6.37. The van der Waals surface area contributed by atoms with Gasteiger partial charge in [0.25, 0.3) is 0 Å². The van der Waals surface area contributed by atoms with Gasteiger partial charge in [0.05, 0.1) is 10.6 Å². The summed E-state index contributed by atoms with van der Waals surface area (Å²) in [5.74, 6) is 0.538. The molecule has 90 valence electrons. The van der Waals surface area contributed by atoms with Gasteiger partial charge in [-0.05, 0) is 53.2 Å². The maximum atomic E-state index is 9.02. The molecule has 1 N–H and O–H groups in total. The Hall–Kier alpha value is -1.57. The predicted octanol–water partition coefficient (Wildman–Crippen LogP) is 4.42. The molecule has 0 aliphatic heterocycles. The molecule has 18 heavy (non-hydrogen) atoms. The topological polar surface area (TPSA) is 48.7 Å². The van der Waals surface area contributed by atoms with Crippen LogP contribution >= 0.6 is 27.5 Å². The van der Waals surface area contributed by atoms with Crippen LogP contribution in [0.15, 0.2) is 34.8 Å². The van der Waals surface area contributed by atoms with E-state index in [9.17, 15) is 0 Å². The first-order valence-electron chi connectivity index (χ1n) is 5.20. The lowest BCUT2D eigenvalue weighted by Crippen LogP contribution is -1.98. The third-order valence-electron chi connectivity index (χ3n) is 2.34. The van der Waals surface area contributed by atoms with Crippen molar-refractivity contribution in [1.82, 2.24) is 4.98 Å². The van der Waals surface area contributed by atoms with E-state index in [1.807, 2.05) is 19.1 Å². The molecule has 1 aromatic heterocycles. The number of hydrogen-bond acceptors (Lipinski definition) is 3. The monoisotopic (exact) mass is 321 g/mol. The number of hydrogen-bond donors (Lipinski definition) is 1. The Morgan fingerprint density at radius 3 is 2.78 bits per heavy atom. The normalized spacial score (nSPS) is 9.89. The second-order valence-corrected chi connectivity index (χ2v) is 4.98. The summed E-state index contributed by atoms with van der Waals surface area (Å²) in [5, 5.41) is 12.7. The summed E-state index contributed by atoms with van der Waals surface area (Å²) in [6.07, 6.45) is 0. The van der Waals surface area contributed by atoms with E-state index in [1.54, 1.807) is 18.2 Å². The zero-order valence-electron chi connectivity index (χ0n) is 9.54. The van der Waals surface area contributed by atoms with Gasteiger partial charge in [-0.1, -0.05) is 11.6 Å². The second-order valence-electron chi connectivity index (χ2n) is 3.71. The Morgan fingerprint density at radius 1 is 1.33 bits per heavy atom. The molecular formula is C13H9BrClN3. The molecule has 0 unspecified atom stereocenters. The SMILES string of the molecule is Cc1ccc(C#N)c(Nc2ccc(Br)c(Cl)c2)n1. The van der Waals surface area contributed by atoms with E-state index in [4.69, 9.17) is 16.9 Å². The molecule has 0 saturated heterocycles. The number of rotatable bonds is 2. The van der Waals surface area contributed by atoms with Crippen LogP contribution in [0.5, 0.6) is 0 Å². The largest absolute Gasteiger partial charge is 0.339 e. The molecule has 0 atom stereocenters. The van der Waals surface area contributed by atoms with E-state index in [0.717, 1.165) is 15.9 Å². The molecule has 0 aliphatic rings. The van der Waals surface area contributed by atoms with Crippen molar-refractivity contribution in [1.29, 1.82) is 5.26 Å². The molecule has 0 spiro atoms. The van der Waals surface area contributed by atoms with Gasteiger partial charge in [-0.3, -0.25) is 0 Å². The molecule has 0 radical (unpaired) electrons. The van der Waals surface area contributed by atoms with Crippen LogP contribution in [-0.2, 0) is 0 Å². The molecule has 2 rings (SSSR count). The van der Waals surface area contributed by atoms with E-state index in [-0.39, 0.29) is 0 Å². The fourth-order valence-corrected chi connectivity index (χ4v) is 1.88. The zero-order chi connectivity index (χ0) is 13.1. The zero-order valence-corrected chi connectivity index (χ0v) is 11.9. The number of nitrogens with one attached hydrogen (secondary N) is 1. The number of pyridine rings is 1. The van der Waals surface area contributed by atoms with Crippen molar-refractivity contribution in [3.63, 3.8) is 0 Å². The van der Waals surface area contributed by atoms with Crippen molar-refractivity contribution in [2.75, 3.05) is 5.32 Å². The average molecular weight is 323 g/mol. The lowest BCUT2D eigenvalue weighted by Gasteiger charge is -2.08. The molecule has 2 aromatic rings. The Bertz CT molecular complexity index is 635. The second kappa shape index (κ2) is 5.38. The van der Waals surface area contributed by atoms with Crippen molar-refractivity contribution < 1.29 is 0 Å². The highest BCUT2D eigenvalue weighted by molar-refractivity contribution is 9.10. The van der Waals surface area contributed by atoms with Crippen molar-refractivity contribution in [3.05, 3.63) is 51.1 Å². The summed E-state index contributed by atoms with van der Waals surface area (Å²) in [4.78, 5) is 4.30. The van der Waals surface area contributed by atoms with Crippen LogP contribution in [0.1, 0.15) is 11.3 Å². The smallest absolute Gasteiger partial charge is 0.148 e. The molecule has 3 nitrogen and oxygen atoms in total. The van der Waals surface area contributed by atoms with Crippen molar-refractivity contribution in [2.24, 2.45) is 0 Å². The Kier molecular flexibility index (Phi) is 3.85. The van der Waals surface area contributed by atoms with Crippen LogP contribution in [0.2, 0.25) is 5.02 Å². The molecule has 0 fully saturated rings. The van der Waals surface area contributed by atoms with Gasteiger partial charge in [0, 0.05) is 15.9 Å². The van der Waals surface area contributed by atoms with Crippen molar-refractivity contribution in [3.8, 4) is 6.07 Å². The number of halogens is 2. The Morgan fingerprint density at radius 2 is 2.11 bits per heavy atom. The quantitative estimate of drug-likeness (QED) is 0.890. The standard InChI is InChI=1S/C13H9BrClN3/c1-8-2-3-9(7-16)13(17-8)18-10-4-5-11(14)12(15)6-10/h2-6H,1H3,(H,17,18). The summed E-state index contributed by atoms with van der Waals surface area (Å²) in [7, 11) is 0. The van der Waals surface area contributed by atoms with Crippen LogP contribution in [0.3, 0.4) is 0 Å². The Balaban J connectivity index is 2.36. The van der Waals surface area contributed by atoms with Crippen LogP contribution in [0.4, 0.5) is 11.5 Å². The van der Waals surface area contributed by atoms with Crippen LogP contribution in [-0.4, -0.2) is 4.98 Å². The van der Waals surface area contributed by atoms with Crippen molar-refractivity contribution in [2.45, 2.75) is 6.92 Å². The van der Waals surface area contributed by atoms with Crippen LogP contribution in [0.25, 0.3) is 0 Å². The van der Waals surface area contributed by atoms with Gasteiger partial charge in [0.1, 0.15) is 11.9 Å². The fourth-order valence-electron chi connectivity index (χ4n) is 1.45. The molecule has 0 amide bonds. The van der Waals surface area contributed by atoms with Gasteiger partial charge in [-0.2, -0.15) is 5.26 Å². The fraction of sp³-hybridized carbons (Fsp3) is 0.0769. The van der Waals surface area contributed by atoms with Gasteiger partial charge >= 0.3 is 0 Å². The van der Waals surface area contributed by atoms with E-state index in [1.165, 1.54) is 0 Å². The van der Waals surface area contributed by atoms with E-state index in [2.05, 4.69) is 32.3 Å². The molecule has 5 heteroatoms. The van der Waals surface area contributed by atoms with E-state index < -0.39 is 0 Å². The number of nitriles is 1. The highest BCUT2D eigenvalue weighted by Crippen LogP contribution is 2.27. The van der Waals surface area contributed by atoms with Gasteiger partial charge < -0.3 is 5.32 Å². The number of benzene rings is 1. The lowest BCUT2D eigenvalue weighted by atomic mass is 10.2. The molecule has 0 aliphatic carbocycles. The maximum absolute atomic E-state index is 9.02. The van der Waals surface area contributed by atoms with Crippen LogP contribution < -0.4 is 5.32 Å². The van der Waals surface area contributed by atoms with Crippen LogP contribution in [0, 0.1) is 18.3 Å². The molecule has 0 saturated carbocycles. The molecule has 1 aromatic carbocycles. The van der Waals surface area contributed by atoms with E-state index >= 15 is 0 Å². The minimum Gasteiger partial charge on any atom is -0.339 e. The summed E-state index contributed by atoms with van der Waals surface area (Å²) < 4.78 is 0.826. The van der Waals surface area contributed by atoms with Gasteiger partial charge in [0.15, 0.2) is 0 Å². The number of nitrogens with zero attached hydrogens (tertiary/aromatic N) is 2. The van der Waals surface area contributed by atoms with Gasteiger partial charge in [0.2, 0.25) is 0 Å². The number of aryl methyl sites for hydroxylation is 1. The molecule has 0 bridgehead atoms. The molecular weight excluding hydrogens is 314 g/mol. The summed E-state index contributed by atoms with van der Waals surface area (Å²) >= 11 is 9.34. The maximum Gasteiger partial charge on any atom is 0.148 e. The van der Waals surface area contributed by atoms with E-state index in [0.29, 0.717) is 16.4 Å². The summed E-state index contributed by atoms with van der Waals surface area (Å²) in [6.45, 7) is 1.88. The average Bonchev–Trinajstić information content (AvgIpc) is 2.34. The van der Waals surface area contributed by atoms with Crippen molar-refractivity contribution >= 4 is 39.0 Å². The first kappa shape index (κ1) is 12.9. The minimum atomic E-state index is 0.500. The van der Waals surface area contributed by atoms with Gasteiger partial charge in [-0.15, -0.1) is 0 Å². The Labute approximate surface area is 119 Å². The number of aromatic nitrogens is 1. The summed E-state index contributed by atoms with van der Waals surface area (Å²) in [6, 6.07) is 11.1. The van der Waals surface area contributed by atoms with Gasteiger partial charge in [-0.25, -0.2) is 4.98 Å². The highest BCUT2D eigenvalue weighted by atomic mass is 79.9. The highest BCUT2D eigenvalue weighted by Gasteiger charge is 2.05. The molecule has 1 heterocycles. The number of anilines is 2. The summed E-state index contributed by atoms with van der Waals surface area (Å²) in [5.41, 5.74) is 2.14. The first-order chi connectivity index (χ1) is 8.60. The minimum absolute atomic E-state index is 0.500.